The van der Waals surface area contributed by atoms with Gasteiger partial charge in [-0.25, -0.2) is 0 Å². The second-order valence-electron chi connectivity index (χ2n) is 8.23. The Hall–Kier alpha value is -1.84. The molecular formula is C22H32N2O2. The molecule has 2 aliphatic rings. The summed E-state index contributed by atoms with van der Waals surface area (Å²) in [6, 6.07) is 6.40. The largest absolute Gasteiger partial charge is 0.339 e. The lowest BCUT2D eigenvalue weighted by Gasteiger charge is -2.40. The molecule has 1 aliphatic carbocycles. The topological polar surface area (TPSA) is 49.4 Å². The fourth-order valence-corrected chi connectivity index (χ4v) is 4.65. The molecule has 0 spiro atoms. The van der Waals surface area contributed by atoms with Crippen molar-refractivity contribution in [3.8, 4) is 0 Å². The van der Waals surface area contributed by atoms with E-state index in [-0.39, 0.29) is 17.7 Å². The summed E-state index contributed by atoms with van der Waals surface area (Å²) < 4.78 is 0. The molecule has 1 heterocycles. The van der Waals surface area contributed by atoms with Crippen LogP contribution in [0.1, 0.15) is 57.6 Å². The van der Waals surface area contributed by atoms with Crippen LogP contribution in [0, 0.1) is 24.7 Å². The zero-order chi connectivity index (χ0) is 18.8. The number of anilines is 1. The number of nitrogens with zero attached hydrogens (tertiary/aromatic N) is 1. The molecule has 1 saturated heterocycles. The van der Waals surface area contributed by atoms with E-state index in [4.69, 9.17) is 0 Å². The summed E-state index contributed by atoms with van der Waals surface area (Å²) >= 11 is 0. The van der Waals surface area contributed by atoms with E-state index in [1.807, 2.05) is 24.0 Å². The normalized spacial score (nSPS) is 29.1. The zero-order valence-electron chi connectivity index (χ0n) is 16.5. The van der Waals surface area contributed by atoms with Gasteiger partial charge >= 0.3 is 0 Å². The second kappa shape index (κ2) is 7.81. The lowest BCUT2D eigenvalue weighted by atomic mass is 9.77. The Morgan fingerprint density at radius 1 is 1.27 bits per heavy atom. The number of likely N-dealkylation sites (tertiary alicyclic amines) is 1. The van der Waals surface area contributed by atoms with Crippen LogP contribution in [0.15, 0.2) is 18.2 Å². The highest BCUT2D eigenvalue weighted by Gasteiger charge is 2.41. The molecule has 2 amide bonds. The van der Waals surface area contributed by atoms with Crippen molar-refractivity contribution >= 4 is 17.5 Å². The van der Waals surface area contributed by atoms with Crippen molar-refractivity contribution in [1.29, 1.82) is 0 Å². The number of hydrogen-bond acceptors (Lipinski definition) is 2. The van der Waals surface area contributed by atoms with Crippen molar-refractivity contribution in [3.05, 3.63) is 29.3 Å². The predicted molar refractivity (Wildman–Crippen MR) is 105 cm³/mol. The molecule has 4 atom stereocenters. The minimum atomic E-state index is -0.240. The van der Waals surface area contributed by atoms with Crippen molar-refractivity contribution in [3.63, 3.8) is 0 Å². The predicted octanol–water partition coefficient (Wildman–Crippen LogP) is 4.17. The molecule has 2 fully saturated rings. The van der Waals surface area contributed by atoms with E-state index in [2.05, 4.69) is 32.2 Å². The average Bonchev–Trinajstić information content (AvgIpc) is 3.00. The van der Waals surface area contributed by atoms with Crippen LogP contribution in [-0.4, -0.2) is 29.3 Å². The van der Waals surface area contributed by atoms with Gasteiger partial charge < -0.3 is 10.2 Å². The Morgan fingerprint density at radius 2 is 2.04 bits per heavy atom. The summed E-state index contributed by atoms with van der Waals surface area (Å²) in [5, 5.41) is 3.12. The lowest BCUT2D eigenvalue weighted by molar-refractivity contribution is -0.131. The van der Waals surface area contributed by atoms with Crippen LogP contribution in [-0.2, 0) is 16.0 Å². The summed E-state index contributed by atoms with van der Waals surface area (Å²) in [6.45, 7) is 9.23. The summed E-state index contributed by atoms with van der Waals surface area (Å²) in [4.78, 5) is 27.5. The Kier molecular flexibility index (Phi) is 5.69. The van der Waals surface area contributed by atoms with E-state index in [1.165, 1.54) is 12.8 Å². The first-order valence-corrected chi connectivity index (χ1v) is 10.1. The summed E-state index contributed by atoms with van der Waals surface area (Å²) in [5.74, 6) is 1.06. The highest BCUT2D eigenvalue weighted by molar-refractivity contribution is 5.98. The molecular weight excluding hydrogens is 324 g/mol. The molecule has 0 radical (unpaired) electrons. The van der Waals surface area contributed by atoms with Gasteiger partial charge in [-0.3, -0.25) is 9.59 Å². The number of para-hydroxylation sites is 1. The second-order valence-corrected chi connectivity index (χ2v) is 8.23. The van der Waals surface area contributed by atoms with Crippen LogP contribution in [0.2, 0.25) is 0 Å². The molecule has 4 heteroatoms. The van der Waals surface area contributed by atoms with E-state index in [0.717, 1.165) is 29.7 Å². The molecule has 1 aliphatic heterocycles. The standard InChI is InChI=1S/C22H32N2O2/c1-5-17-10-6-9-15(3)21(17)23-22(26)18-12-20(25)24(13-18)19-11-7-8-14(2)16(19)4/h6,9-10,14,16,18-19H,5,7-8,11-13H2,1-4H3,(H,23,26)/t14-,16-,18+,19-/m0/s1. The summed E-state index contributed by atoms with van der Waals surface area (Å²) in [6.07, 6.45) is 4.72. The van der Waals surface area contributed by atoms with Gasteiger partial charge in [0.2, 0.25) is 11.8 Å². The average molecular weight is 357 g/mol. The maximum Gasteiger partial charge on any atom is 0.229 e. The SMILES string of the molecule is CCc1cccc(C)c1NC(=O)[C@@H]1CC(=O)N([C@H]2CCC[C@H](C)[C@@H]2C)C1. The number of nitrogens with one attached hydrogen (secondary N) is 1. The third kappa shape index (κ3) is 3.65. The molecule has 0 bridgehead atoms. The van der Waals surface area contributed by atoms with Crippen LogP contribution in [0.4, 0.5) is 5.69 Å². The number of carbonyl (C=O) groups is 2. The van der Waals surface area contributed by atoms with E-state index < -0.39 is 0 Å². The smallest absolute Gasteiger partial charge is 0.229 e. The maximum atomic E-state index is 12.9. The first kappa shape index (κ1) is 18.9. The van der Waals surface area contributed by atoms with E-state index >= 15 is 0 Å². The van der Waals surface area contributed by atoms with Crippen molar-refractivity contribution in [2.45, 2.75) is 65.8 Å². The fourth-order valence-electron chi connectivity index (χ4n) is 4.65. The number of aryl methyl sites for hydroxylation is 2. The van der Waals surface area contributed by atoms with Crippen LogP contribution < -0.4 is 5.32 Å². The lowest BCUT2D eigenvalue weighted by Crippen LogP contribution is -2.45. The minimum absolute atomic E-state index is 0.0126. The molecule has 0 aromatic heterocycles. The highest BCUT2D eigenvalue weighted by Crippen LogP contribution is 2.36. The Bertz CT molecular complexity index is 685. The minimum Gasteiger partial charge on any atom is -0.339 e. The molecule has 26 heavy (non-hydrogen) atoms. The third-order valence-corrected chi connectivity index (χ3v) is 6.58. The number of amides is 2. The van der Waals surface area contributed by atoms with Gasteiger partial charge in [-0.1, -0.05) is 51.8 Å². The number of hydrogen-bond donors (Lipinski definition) is 1. The van der Waals surface area contributed by atoms with Gasteiger partial charge in [0.05, 0.1) is 5.92 Å². The van der Waals surface area contributed by atoms with Crippen LogP contribution in [0.5, 0.6) is 0 Å². The van der Waals surface area contributed by atoms with E-state index in [1.54, 1.807) is 0 Å². The van der Waals surface area contributed by atoms with E-state index in [0.29, 0.717) is 30.8 Å². The Morgan fingerprint density at radius 3 is 2.77 bits per heavy atom. The molecule has 1 aromatic rings. The van der Waals surface area contributed by atoms with Crippen LogP contribution in [0.3, 0.4) is 0 Å². The number of carbonyl (C=O) groups excluding carboxylic acids is 2. The van der Waals surface area contributed by atoms with Gasteiger partial charge in [-0.15, -0.1) is 0 Å². The fraction of sp³-hybridized carbons (Fsp3) is 0.636. The van der Waals surface area contributed by atoms with Gasteiger partial charge in [0.1, 0.15) is 0 Å². The molecule has 1 saturated carbocycles. The van der Waals surface area contributed by atoms with Crippen LogP contribution >= 0.6 is 0 Å². The first-order chi connectivity index (χ1) is 12.4. The monoisotopic (exact) mass is 356 g/mol. The van der Waals surface area contributed by atoms with Gasteiger partial charge in [0.25, 0.3) is 0 Å². The molecule has 1 aromatic carbocycles. The summed E-state index contributed by atoms with van der Waals surface area (Å²) in [7, 11) is 0. The van der Waals surface area contributed by atoms with Crippen molar-refractivity contribution in [1.82, 2.24) is 4.90 Å². The molecule has 4 nitrogen and oxygen atoms in total. The van der Waals surface area contributed by atoms with Gasteiger partial charge in [-0.2, -0.15) is 0 Å². The Balaban J connectivity index is 1.70. The first-order valence-electron chi connectivity index (χ1n) is 10.1. The van der Waals surface area contributed by atoms with Crippen molar-refractivity contribution in [2.75, 3.05) is 11.9 Å². The zero-order valence-corrected chi connectivity index (χ0v) is 16.5. The molecule has 142 valence electrons. The van der Waals surface area contributed by atoms with E-state index in [9.17, 15) is 9.59 Å². The van der Waals surface area contributed by atoms with Gasteiger partial charge in [-0.05, 0) is 42.7 Å². The van der Waals surface area contributed by atoms with Crippen molar-refractivity contribution < 1.29 is 9.59 Å². The molecule has 1 N–H and O–H groups in total. The highest BCUT2D eigenvalue weighted by atomic mass is 16.2. The number of benzene rings is 1. The van der Waals surface area contributed by atoms with Gasteiger partial charge in [0, 0.05) is 24.7 Å². The Labute approximate surface area is 157 Å². The molecule has 0 unspecified atom stereocenters. The third-order valence-electron chi connectivity index (χ3n) is 6.58. The van der Waals surface area contributed by atoms with Gasteiger partial charge in [0.15, 0.2) is 0 Å². The maximum absolute atomic E-state index is 12.9. The molecule has 3 rings (SSSR count). The van der Waals surface area contributed by atoms with Crippen molar-refractivity contribution in [2.24, 2.45) is 17.8 Å². The quantitative estimate of drug-likeness (QED) is 0.880. The van der Waals surface area contributed by atoms with Crippen LogP contribution in [0.25, 0.3) is 0 Å². The number of rotatable bonds is 4. The summed E-state index contributed by atoms with van der Waals surface area (Å²) in [5.41, 5.74) is 3.15.